The average Bonchev–Trinajstić information content (AvgIpc) is 2.67. The molecule has 1 aromatic rings. The molecule has 0 saturated carbocycles. The Bertz CT molecular complexity index is 409. The summed E-state index contributed by atoms with van der Waals surface area (Å²) in [5.74, 6) is 0.397. The summed E-state index contributed by atoms with van der Waals surface area (Å²) in [5.41, 5.74) is 0.526. The van der Waals surface area contributed by atoms with Gasteiger partial charge in [0.2, 0.25) is 5.88 Å². The van der Waals surface area contributed by atoms with Gasteiger partial charge in [0, 0.05) is 18.8 Å². The highest BCUT2D eigenvalue weighted by Gasteiger charge is 2.18. The molecule has 5 heteroatoms. The fourth-order valence-electron chi connectivity index (χ4n) is 1.90. The van der Waals surface area contributed by atoms with Crippen molar-refractivity contribution in [1.29, 1.82) is 0 Å². The molecule has 0 aromatic carbocycles. The lowest BCUT2D eigenvalue weighted by Crippen LogP contribution is -2.31. The van der Waals surface area contributed by atoms with Crippen LogP contribution in [0, 0.1) is 0 Å². The van der Waals surface area contributed by atoms with Gasteiger partial charge in [0.25, 0.3) is 5.91 Å². The third-order valence-electron chi connectivity index (χ3n) is 2.82. The maximum Gasteiger partial charge on any atom is 0.278 e. The zero-order chi connectivity index (χ0) is 13.7. The van der Waals surface area contributed by atoms with Crippen LogP contribution >= 0.6 is 0 Å². The highest BCUT2D eigenvalue weighted by Crippen LogP contribution is 2.14. The minimum atomic E-state index is -0.134. The third-order valence-corrected chi connectivity index (χ3v) is 2.82. The van der Waals surface area contributed by atoms with Crippen molar-refractivity contribution >= 4 is 5.91 Å². The quantitative estimate of drug-likeness (QED) is 0.841. The van der Waals surface area contributed by atoms with Crippen LogP contribution in [-0.4, -0.2) is 35.2 Å². The summed E-state index contributed by atoms with van der Waals surface area (Å²) in [7, 11) is 0. The molecule has 0 bridgehead atoms. The van der Waals surface area contributed by atoms with Crippen molar-refractivity contribution in [2.24, 2.45) is 0 Å². The van der Waals surface area contributed by atoms with Crippen molar-refractivity contribution < 1.29 is 14.4 Å². The van der Waals surface area contributed by atoms with Crippen LogP contribution in [0.15, 0.2) is 18.3 Å². The molecule has 0 radical (unpaired) electrons. The topological polar surface area (TPSA) is 51.7 Å². The summed E-state index contributed by atoms with van der Waals surface area (Å²) >= 11 is 0. The molecule has 0 N–H and O–H groups in total. The number of ether oxygens (including phenoxy) is 1. The second-order valence-corrected chi connectivity index (χ2v) is 4.85. The lowest BCUT2D eigenvalue weighted by atomic mass is 10.2. The van der Waals surface area contributed by atoms with Gasteiger partial charge in [0.05, 0.1) is 18.3 Å². The van der Waals surface area contributed by atoms with E-state index < -0.39 is 0 Å². The van der Waals surface area contributed by atoms with E-state index in [1.807, 2.05) is 13.8 Å². The largest absolute Gasteiger partial charge is 0.475 e. The molecule has 1 saturated heterocycles. The summed E-state index contributed by atoms with van der Waals surface area (Å²) in [6.45, 7) is 5.12. The molecule has 0 aliphatic carbocycles. The molecular formula is C14H20N2O3. The van der Waals surface area contributed by atoms with Crippen molar-refractivity contribution in [2.75, 3.05) is 13.2 Å². The molecule has 1 aromatic heterocycles. The van der Waals surface area contributed by atoms with Gasteiger partial charge in [-0.25, -0.2) is 10.0 Å². The first-order chi connectivity index (χ1) is 9.16. The summed E-state index contributed by atoms with van der Waals surface area (Å²) < 4.78 is 5.45. The van der Waals surface area contributed by atoms with E-state index in [1.54, 1.807) is 12.1 Å². The molecule has 2 heterocycles. The van der Waals surface area contributed by atoms with Crippen LogP contribution < -0.4 is 4.74 Å². The fraction of sp³-hybridized carbons (Fsp3) is 0.571. The van der Waals surface area contributed by atoms with E-state index in [9.17, 15) is 4.79 Å². The molecule has 1 amide bonds. The second-order valence-electron chi connectivity index (χ2n) is 4.85. The Hall–Kier alpha value is -1.62. The summed E-state index contributed by atoms with van der Waals surface area (Å²) in [6, 6.07) is 3.44. The van der Waals surface area contributed by atoms with Crippen LogP contribution in [0.1, 0.15) is 43.5 Å². The van der Waals surface area contributed by atoms with Gasteiger partial charge in [-0.15, -0.1) is 0 Å². The van der Waals surface area contributed by atoms with Gasteiger partial charge >= 0.3 is 0 Å². The van der Waals surface area contributed by atoms with Crippen LogP contribution in [0.3, 0.4) is 0 Å². The van der Waals surface area contributed by atoms with Crippen LogP contribution in [0.4, 0.5) is 0 Å². The van der Waals surface area contributed by atoms with E-state index in [2.05, 4.69) is 4.98 Å². The zero-order valence-corrected chi connectivity index (χ0v) is 11.5. The fourth-order valence-corrected chi connectivity index (χ4v) is 1.90. The highest BCUT2D eigenvalue weighted by molar-refractivity contribution is 5.93. The van der Waals surface area contributed by atoms with Gasteiger partial charge in [0.1, 0.15) is 0 Å². The van der Waals surface area contributed by atoms with Gasteiger partial charge in [-0.05, 0) is 39.2 Å². The number of nitrogens with zero attached hydrogens (tertiary/aromatic N) is 2. The molecule has 0 spiro atoms. The van der Waals surface area contributed by atoms with E-state index in [0.29, 0.717) is 24.6 Å². The van der Waals surface area contributed by atoms with Crippen LogP contribution in [0.5, 0.6) is 5.88 Å². The SMILES string of the molecule is CC(C)Oc1ccc(C(=O)N2CCCCCO2)cn1. The average molecular weight is 264 g/mol. The zero-order valence-electron chi connectivity index (χ0n) is 11.5. The number of carbonyl (C=O) groups is 1. The monoisotopic (exact) mass is 264 g/mol. The van der Waals surface area contributed by atoms with Gasteiger partial charge in [-0.3, -0.25) is 9.63 Å². The Labute approximate surface area is 113 Å². The van der Waals surface area contributed by atoms with E-state index in [0.717, 1.165) is 19.3 Å². The first-order valence-electron chi connectivity index (χ1n) is 6.74. The van der Waals surface area contributed by atoms with Gasteiger partial charge in [0.15, 0.2) is 0 Å². The Morgan fingerprint density at radius 3 is 2.89 bits per heavy atom. The normalized spacial score (nSPS) is 16.3. The van der Waals surface area contributed by atoms with E-state index >= 15 is 0 Å². The molecule has 19 heavy (non-hydrogen) atoms. The predicted octanol–water partition coefficient (Wildman–Crippen LogP) is 2.43. The maximum absolute atomic E-state index is 12.2. The Kier molecular flexibility index (Phi) is 4.74. The van der Waals surface area contributed by atoms with Crippen molar-refractivity contribution in [3.63, 3.8) is 0 Å². The molecule has 0 atom stereocenters. The number of hydrogen-bond donors (Lipinski definition) is 0. The van der Waals surface area contributed by atoms with Crippen LogP contribution in [0.25, 0.3) is 0 Å². The first kappa shape index (κ1) is 13.8. The minimum Gasteiger partial charge on any atom is -0.475 e. The van der Waals surface area contributed by atoms with E-state index in [-0.39, 0.29) is 12.0 Å². The van der Waals surface area contributed by atoms with Crippen molar-refractivity contribution in [1.82, 2.24) is 10.0 Å². The third kappa shape index (κ3) is 3.92. The van der Waals surface area contributed by atoms with Crippen LogP contribution in [0.2, 0.25) is 0 Å². The number of aromatic nitrogens is 1. The van der Waals surface area contributed by atoms with Crippen molar-refractivity contribution in [2.45, 2.75) is 39.2 Å². The first-order valence-corrected chi connectivity index (χ1v) is 6.74. The molecule has 1 fully saturated rings. The molecule has 0 unspecified atom stereocenters. The van der Waals surface area contributed by atoms with Crippen molar-refractivity contribution in [3.8, 4) is 5.88 Å². The van der Waals surface area contributed by atoms with Gasteiger partial charge in [-0.2, -0.15) is 0 Å². The summed E-state index contributed by atoms with van der Waals surface area (Å²) in [5, 5.41) is 1.44. The highest BCUT2D eigenvalue weighted by atomic mass is 16.7. The van der Waals surface area contributed by atoms with E-state index in [4.69, 9.17) is 9.57 Å². The van der Waals surface area contributed by atoms with E-state index in [1.165, 1.54) is 11.3 Å². The Morgan fingerprint density at radius 2 is 2.21 bits per heavy atom. The molecular weight excluding hydrogens is 244 g/mol. The predicted molar refractivity (Wildman–Crippen MR) is 70.8 cm³/mol. The molecule has 1 aliphatic heterocycles. The number of pyridine rings is 1. The molecule has 1 aliphatic rings. The second kappa shape index (κ2) is 6.52. The number of hydrogen-bond acceptors (Lipinski definition) is 4. The number of hydroxylamine groups is 2. The number of rotatable bonds is 3. The van der Waals surface area contributed by atoms with Gasteiger partial charge in [-0.1, -0.05) is 0 Å². The smallest absolute Gasteiger partial charge is 0.278 e. The summed E-state index contributed by atoms with van der Waals surface area (Å²) in [6.07, 6.45) is 4.69. The molecule has 5 nitrogen and oxygen atoms in total. The summed E-state index contributed by atoms with van der Waals surface area (Å²) in [4.78, 5) is 21.8. The van der Waals surface area contributed by atoms with Crippen LogP contribution in [-0.2, 0) is 4.84 Å². The Morgan fingerprint density at radius 1 is 1.37 bits per heavy atom. The molecule has 104 valence electrons. The standard InChI is InChI=1S/C14H20N2O3/c1-11(2)19-13-7-6-12(10-15-13)14(17)16-8-4-3-5-9-18-16/h6-7,10-11H,3-5,8-9H2,1-2H3. The maximum atomic E-state index is 12.2. The lowest BCUT2D eigenvalue weighted by Gasteiger charge is -2.19. The Balaban J connectivity index is 2.02. The molecule has 2 rings (SSSR count). The van der Waals surface area contributed by atoms with Crippen molar-refractivity contribution in [3.05, 3.63) is 23.9 Å². The lowest BCUT2D eigenvalue weighted by molar-refractivity contribution is -0.115. The minimum absolute atomic E-state index is 0.0722. The number of amides is 1. The van der Waals surface area contributed by atoms with Gasteiger partial charge < -0.3 is 4.74 Å². The number of carbonyl (C=O) groups excluding carboxylic acids is 1.